The molecule has 0 fully saturated rings. The van der Waals surface area contributed by atoms with Gasteiger partial charge < -0.3 is 18.9 Å². The van der Waals surface area contributed by atoms with Gasteiger partial charge in [-0.1, -0.05) is 0 Å². The van der Waals surface area contributed by atoms with Crippen molar-refractivity contribution in [1.82, 2.24) is 0 Å². The Balaban J connectivity index is 0.000000602. The molecule has 0 saturated heterocycles. The summed E-state index contributed by atoms with van der Waals surface area (Å²) in [5.74, 6) is 0. The predicted octanol–water partition coefficient (Wildman–Crippen LogP) is 3.79. The Morgan fingerprint density at radius 2 is 0.848 bits per heavy atom. The maximum Gasteiger partial charge on any atom is 2.00 e. The molecule has 2 rings (SSSR count). The van der Waals surface area contributed by atoms with Gasteiger partial charge in [0, 0.05) is 47.3 Å². The molecule has 0 unspecified atom stereocenters. The van der Waals surface area contributed by atoms with Crippen LogP contribution in [0.4, 0.5) is 11.4 Å². The van der Waals surface area contributed by atoms with Crippen LogP contribution in [0.2, 0.25) is 0 Å². The molecule has 0 aliphatic carbocycles. The van der Waals surface area contributed by atoms with Gasteiger partial charge in [0.15, 0.2) is 18.3 Å². The van der Waals surface area contributed by atoms with Gasteiger partial charge in [-0.25, -0.2) is 16.8 Å². The average Bonchev–Trinajstić information content (AvgIpc) is 2.70. The summed E-state index contributed by atoms with van der Waals surface area (Å²) in [4.78, 5) is 5.18. The van der Waals surface area contributed by atoms with E-state index in [9.17, 15) is 25.9 Å². The standard InChI is InChI=1S/2C10H15NO3S2.Mg/c2*1-3-11(4-2)9-5-7-10(8-6-9)15-16(12,13)14;/h2*5-8H,3-4H2,1-2H3,(H,12,13,14);/q;;+2/p-2. The SMILES string of the molecule is CCN(CC)c1ccc(SS(=O)(=O)[O-])cc1.CCN(CC)c1ccc(SS(=O)(=O)[O-])cc1.[Mg+2]. The molecule has 13 heteroatoms. The summed E-state index contributed by atoms with van der Waals surface area (Å²) in [5.41, 5.74) is 2.05. The average molecular weight is 545 g/mol. The molecule has 0 saturated carbocycles. The van der Waals surface area contributed by atoms with E-state index in [2.05, 4.69) is 9.80 Å². The van der Waals surface area contributed by atoms with Crippen LogP contribution >= 0.6 is 21.6 Å². The summed E-state index contributed by atoms with van der Waals surface area (Å²) in [7, 11) is -7.87. The number of nitrogens with zero attached hydrogens (tertiary/aromatic N) is 2. The summed E-state index contributed by atoms with van der Waals surface area (Å²) < 4.78 is 63.2. The van der Waals surface area contributed by atoms with Crippen LogP contribution in [0.25, 0.3) is 0 Å². The molecule has 33 heavy (non-hydrogen) atoms. The van der Waals surface area contributed by atoms with Crippen LogP contribution in [-0.2, 0) is 18.3 Å². The van der Waals surface area contributed by atoms with Gasteiger partial charge in [0.25, 0.3) is 0 Å². The monoisotopic (exact) mass is 544 g/mol. The maximum atomic E-state index is 10.5. The minimum atomic E-state index is -4.27. The molecule has 0 heterocycles. The molecule has 2 aromatic rings. The second kappa shape index (κ2) is 15.3. The van der Waals surface area contributed by atoms with E-state index >= 15 is 0 Å². The third-order valence-electron chi connectivity index (χ3n) is 4.33. The van der Waals surface area contributed by atoms with Crippen LogP contribution in [0.5, 0.6) is 0 Å². The van der Waals surface area contributed by atoms with E-state index < -0.39 is 18.3 Å². The molecule has 0 aliphatic heterocycles. The Morgan fingerprint density at radius 3 is 1.03 bits per heavy atom. The summed E-state index contributed by atoms with van der Waals surface area (Å²) in [6.45, 7) is 11.8. The minimum Gasteiger partial charge on any atom is -0.739 e. The third-order valence-corrected chi connectivity index (χ3v) is 8.04. The zero-order valence-corrected chi connectivity index (χ0v) is 23.8. The molecule has 8 nitrogen and oxygen atoms in total. The van der Waals surface area contributed by atoms with E-state index in [1.54, 1.807) is 24.3 Å². The molecule has 180 valence electrons. The molecule has 2 aromatic carbocycles. The minimum absolute atomic E-state index is 0. The summed E-state index contributed by atoms with van der Waals surface area (Å²) in [6.07, 6.45) is 0. The Labute approximate surface area is 221 Å². The molecular formula is C20H28MgN2O6S4. The second-order valence-corrected chi connectivity index (χ2v) is 12.7. The van der Waals surface area contributed by atoms with Crippen molar-refractivity contribution in [2.45, 2.75) is 37.5 Å². The maximum absolute atomic E-state index is 10.5. The smallest absolute Gasteiger partial charge is 0.739 e. The van der Waals surface area contributed by atoms with Gasteiger partial charge in [-0.05, 0) is 97.8 Å². The van der Waals surface area contributed by atoms with Crippen molar-refractivity contribution < 1.29 is 25.9 Å². The van der Waals surface area contributed by atoms with Crippen molar-refractivity contribution in [2.75, 3.05) is 36.0 Å². The van der Waals surface area contributed by atoms with Crippen molar-refractivity contribution in [3.8, 4) is 0 Å². The molecule has 0 atom stereocenters. The van der Waals surface area contributed by atoms with Gasteiger partial charge in [-0.3, -0.25) is 0 Å². The molecule has 0 amide bonds. The summed E-state index contributed by atoms with van der Waals surface area (Å²) in [5, 5.41) is 0. The summed E-state index contributed by atoms with van der Waals surface area (Å²) in [6, 6.07) is 13.9. The van der Waals surface area contributed by atoms with Crippen molar-refractivity contribution in [2.24, 2.45) is 0 Å². The Kier molecular flexibility index (Phi) is 15.0. The van der Waals surface area contributed by atoms with Crippen LogP contribution in [0, 0.1) is 0 Å². The van der Waals surface area contributed by atoms with Gasteiger partial charge >= 0.3 is 23.1 Å². The molecule has 0 bridgehead atoms. The fourth-order valence-electron chi connectivity index (χ4n) is 2.84. The van der Waals surface area contributed by atoms with Crippen LogP contribution < -0.4 is 9.80 Å². The topological polar surface area (TPSA) is 121 Å². The zero-order valence-electron chi connectivity index (χ0n) is 19.1. The first-order valence-electron chi connectivity index (χ1n) is 9.92. The fraction of sp³-hybridized carbons (Fsp3) is 0.400. The van der Waals surface area contributed by atoms with Crippen LogP contribution in [0.1, 0.15) is 27.7 Å². The first-order chi connectivity index (χ1) is 14.9. The molecular weight excluding hydrogens is 517 g/mol. The van der Waals surface area contributed by atoms with Crippen molar-refractivity contribution >= 4 is 74.3 Å². The van der Waals surface area contributed by atoms with E-state index in [0.29, 0.717) is 31.4 Å². The molecule has 0 aliphatic rings. The van der Waals surface area contributed by atoms with Gasteiger partial charge in [0.1, 0.15) is 0 Å². The van der Waals surface area contributed by atoms with Gasteiger partial charge in [0.05, 0.1) is 0 Å². The quantitative estimate of drug-likeness (QED) is 0.248. The van der Waals surface area contributed by atoms with Gasteiger partial charge in [0.2, 0.25) is 0 Å². The largest absolute Gasteiger partial charge is 2.00 e. The zero-order chi connectivity index (χ0) is 24.4. The third kappa shape index (κ3) is 13.1. The first-order valence-corrected chi connectivity index (χ1v) is 15.4. The van der Waals surface area contributed by atoms with E-state index in [-0.39, 0.29) is 23.1 Å². The van der Waals surface area contributed by atoms with E-state index in [1.807, 2.05) is 52.0 Å². The van der Waals surface area contributed by atoms with Crippen molar-refractivity contribution in [3.05, 3.63) is 48.5 Å². The van der Waals surface area contributed by atoms with Crippen molar-refractivity contribution in [3.63, 3.8) is 0 Å². The second-order valence-electron chi connectivity index (χ2n) is 6.32. The van der Waals surface area contributed by atoms with E-state index in [1.165, 1.54) is 0 Å². The Bertz CT molecular complexity index is 940. The number of benzene rings is 2. The molecule has 0 aromatic heterocycles. The summed E-state index contributed by atoms with van der Waals surface area (Å²) >= 11 is 0. The molecule has 0 spiro atoms. The van der Waals surface area contributed by atoms with Crippen LogP contribution in [0.15, 0.2) is 58.3 Å². The van der Waals surface area contributed by atoms with E-state index in [4.69, 9.17) is 0 Å². The Hall–Kier alpha value is -0.674. The van der Waals surface area contributed by atoms with E-state index in [0.717, 1.165) is 37.6 Å². The predicted molar refractivity (Wildman–Crippen MR) is 137 cm³/mol. The number of rotatable bonds is 10. The van der Waals surface area contributed by atoms with Gasteiger partial charge in [-0.15, -0.1) is 0 Å². The number of hydrogen-bond acceptors (Lipinski definition) is 10. The van der Waals surface area contributed by atoms with Crippen LogP contribution in [0.3, 0.4) is 0 Å². The Morgan fingerprint density at radius 1 is 0.606 bits per heavy atom. The van der Waals surface area contributed by atoms with Crippen LogP contribution in [-0.4, -0.2) is 75.2 Å². The normalized spacial score (nSPS) is 11.1. The van der Waals surface area contributed by atoms with Crippen molar-refractivity contribution in [1.29, 1.82) is 0 Å². The van der Waals surface area contributed by atoms with Gasteiger partial charge in [-0.2, -0.15) is 0 Å². The first kappa shape index (κ1) is 32.3. The molecule has 0 radical (unpaired) electrons. The number of anilines is 2. The molecule has 0 N–H and O–H groups in total. The number of hydrogen-bond donors (Lipinski definition) is 0. The fourth-order valence-corrected chi connectivity index (χ4v) is 5.88.